The van der Waals surface area contributed by atoms with Crippen LogP contribution >= 0.6 is 11.3 Å². The highest BCUT2D eigenvalue weighted by Gasteiger charge is 2.31. The summed E-state index contributed by atoms with van der Waals surface area (Å²) < 4.78 is 19.9. The molecule has 3 amide bonds. The van der Waals surface area contributed by atoms with Crippen LogP contribution in [0.4, 0.5) is 17.0 Å². The van der Waals surface area contributed by atoms with Crippen molar-refractivity contribution in [1.29, 1.82) is 0 Å². The lowest BCUT2D eigenvalue weighted by Crippen LogP contribution is -2.46. The molecule has 1 aliphatic carbocycles. The normalized spacial score (nSPS) is 19.4. The van der Waals surface area contributed by atoms with E-state index in [1.165, 1.54) is 30.6 Å². The Bertz CT molecular complexity index is 3280. The molecule has 394 valence electrons. The number of pyridine rings is 1. The Morgan fingerprint density at radius 3 is 2.42 bits per heavy atom. The van der Waals surface area contributed by atoms with Gasteiger partial charge in [0.25, 0.3) is 11.9 Å². The standard InChI is InChI=1S/C60H66N8O7S/c1-37-42(44-23-26-52(63-54(44)57(72)75-60(2,3)4)68-30-28-39-12-9-14-45(46(39)36-68)56(71)65-58-61-47-15-5-6-17-51(47)76-58)13-10-16-49(37)73-41-21-18-38(19-22-41)11-7-8-29-66-31-33-67(34-32-66)59-62-48-35-40(20-25-50(48)74-59)43-24-27-53(69)64-55(43)70/h5-6,9-10,12-17,20,23,25-26,35,38,41,43H,7-8,11,18-19,21-22,24,27-34,36H2,1-4H3,(H,61,65,71)(H,64,69,70). The highest BCUT2D eigenvalue weighted by molar-refractivity contribution is 7.22. The largest absolute Gasteiger partial charge is 0.490 e. The van der Waals surface area contributed by atoms with Crippen molar-refractivity contribution in [2.75, 3.05) is 54.4 Å². The summed E-state index contributed by atoms with van der Waals surface area (Å²) in [6.07, 6.45) is 9.61. The number of hydrogen-bond donors (Lipinski definition) is 2. The predicted molar refractivity (Wildman–Crippen MR) is 296 cm³/mol. The number of fused-ring (bicyclic) bond motifs is 3. The molecule has 1 saturated carbocycles. The second-order valence-corrected chi connectivity index (χ2v) is 22.9. The topological polar surface area (TPSA) is 172 Å². The van der Waals surface area contributed by atoms with Gasteiger partial charge in [-0.05, 0) is 161 Å². The van der Waals surface area contributed by atoms with E-state index in [0.717, 1.165) is 108 Å². The van der Waals surface area contributed by atoms with Crippen LogP contribution in [0.1, 0.15) is 128 Å². The third kappa shape index (κ3) is 11.3. The number of imide groups is 1. The summed E-state index contributed by atoms with van der Waals surface area (Å²) in [6.45, 7) is 13.5. The molecule has 15 nitrogen and oxygen atoms in total. The van der Waals surface area contributed by atoms with E-state index >= 15 is 0 Å². The first-order valence-electron chi connectivity index (χ1n) is 27.0. The number of piperidine rings is 1. The number of anilines is 3. The number of hydrogen-bond acceptors (Lipinski definition) is 14. The van der Waals surface area contributed by atoms with Gasteiger partial charge in [0.1, 0.15) is 22.7 Å². The van der Waals surface area contributed by atoms with Gasteiger partial charge in [0.2, 0.25) is 11.8 Å². The fraction of sp³-hybridized carbons (Fsp3) is 0.417. The average molecular weight is 1040 g/mol. The summed E-state index contributed by atoms with van der Waals surface area (Å²) >= 11 is 1.45. The predicted octanol–water partition coefficient (Wildman–Crippen LogP) is 11.0. The van der Waals surface area contributed by atoms with Gasteiger partial charge in [-0.1, -0.05) is 66.6 Å². The van der Waals surface area contributed by atoms with Crippen molar-refractivity contribution >= 4 is 73.3 Å². The van der Waals surface area contributed by atoms with Gasteiger partial charge in [0.15, 0.2) is 16.4 Å². The number of carbonyl (C=O) groups is 4. The highest BCUT2D eigenvalue weighted by Crippen LogP contribution is 2.38. The second-order valence-electron chi connectivity index (χ2n) is 21.9. The Morgan fingerprint density at radius 1 is 0.803 bits per heavy atom. The van der Waals surface area contributed by atoms with E-state index in [1.54, 1.807) is 0 Å². The van der Waals surface area contributed by atoms with E-state index in [2.05, 4.69) is 43.3 Å². The molecule has 11 rings (SSSR count). The maximum Gasteiger partial charge on any atom is 0.358 e. The number of benzene rings is 4. The first kappa shape index (κ1) is 51.0. The van der Waals surface area contributed by atoms with E-state index in [0.29, 0.717) is 71.9 Å². The van der Waals surface area contributed by atoms with Gasteiger partial charge in [-0.25, -0.2) is 14.8 Å². The first-order valence-corrected chi connectivity index (χ1v) is 27.9. The molecule has 3 fully saturated rings. The number of aromatic nitrogens is 3. The van der Waals surface area contributed by atoms with Crippen molar-refractivity contribution < 1.29 is 33.1 Å². The van der Waals surface area contributed by atoms with Gasteiger partial charge in [-0.2, -0.15) is 4.98 Å². The molecule has 1 unspecified atom stereocenters. The van der Waals surface area contributed by atoms with Crippen LogP contribution in [0.15, 0.2) is 95.4 Å². The average Bonchev–Trinajstić information content (AvgIpc) is 4.05. The van der Waals surface area contributed by atoms with E-state index in [4.69, 9.17) is 23.9 Å². The fourth-order valence-corrected chi connectivity index (χ4v) is 12.2. The third-order valence-electron chi connectivity index (χ3n) is 15.5. The number of esters is 1. The minimum Gasteiger partial charge on any atom is -0.490 e. The van der Waals surface area contributed by atoms with Crippen molar-refractivity contribution in [3.8, 4) is 16.9 Å². The Morgan fingerprint density at radius 2 is 1.62 bits per heavy atom. The van der Waals surface area contributed by atoms with Crippen molar-refractivity contribution in [2.45, 2.75) is 116 Å². The molecular formula is C60H66N8O7S. The second kappa shape index (κ2) is 21.8. The SMILES string of the molecule is Cc1c(OC2CCC(CCCCN3CCN(c4nc5cc(C6CCC(=O)NC6=O)ccc5o4)CC3)CC2)cccc1-c1ccc(N2CCc3cccc(C(=O)Nc4nc5ccccc5s4)c3C2)nc1C(=O)OC(C)(C)C. The van der Waals surface area contributed by atoms with Crippen LogP contribution in [0, 0.1) is 12.8 Å². The highest BCUT2D eigenvalue weighted by atomic mass is 32.1. The van der Waals surface area contributed by atoms with Gasteiger partial charge in [0, 0.05) is 56.8 Å². The van der Waals surface area contributed by atoms with Crippen molar-refractivity contribution in [1.82, 2.24) is 25.2 Å². The zero-order valence-corrected chi connectivity index (χ0v) is 44.7. The summed E-state index contributed by atoms with van der Waals surface area (Å²) in [6, 6.07) is 30.1. The smallest absolute Gasteiger partial charge is 0.358 e. The number of nitrogens with zero attached hydrogens (tertiary/aromatic N) is 6. The minimum atomic E-state index is -0.732. The molecular weight excluding hydrogens is 977 g/mol. The molecule has 16 heteroatoms. The minimum absolute atomic E-state index is 0.121. The molecule has 4 aromatic carbocycles. The van der Waals surface area contributed by atoms with Gasteiger partial charge in [-0.3, -0.25) is 29.9 Å². The van der Waals surface area contributed by atoms with E-state index < -0.39 is 11.6 Å². The number of oxazole rings is 1. The number of carbonyl (C=O) groups excluding carboxylic acids is 4. The number of ether oxygens (including phenoxy) is 2. The number of piperazine rings is 1. The zero-order valence-electron chi connectivity index (χ0n) is 43.9. The van der Waals surface area contributed by atoms with E-state index in [-0.39, 0.29) is 35.4 Å². The molecule has 6 heterocycles. The number of thiazole rings is 1. The Kier molecular flexibility index (Phi) is 14.6. The van der Waals surface area contributed by atoms with Crippen LogP contribution in [0.2, 0.25) is 0 Å². The number of rotatable bonds is 14. The molecule has 0 bridgehead atoms. The van der Waals surface area contributed by atoms with Gasteiger partial charge >= 0.3 is 5.97 Å². The maximum absolute atomic E-state index is 14.1. The summed E-state index contributed by atoms with van der Waals surface area (Å²) in [5.41, 5.74) is 7.81. The number of para-hydroxylation sites is 1. The molecule has 4 aliphatic rings. The summed E-state index contributed by atoms with van der Waals surface area (Å²) in [5, 5.41) is 6.05. The summed E-state index contributed by atoms with van der Waals surface area (Å²) in [7, 11) is 0. The summed E-state index contributed by atoms with van der Waals surface area (Å²) in [4.78, 5) is 73.4. The number of amides is 3. The van der Waals surface area contributed by atoms with E-state index in [1.807, 2.05) is 106 Å². The number of unbranched alkanes of at least 4 members (excludes halogenated alkanes) is 1. The molecule has 3 aliphatic heterocycles. The van der Waals surface area contributed by atoms with Crippen molar-refractivity contribution in [3.63, 3.8) is 0 Å². The van der Waals surface area contributed by atoms with Crippen LogP contribution in [-0.2, 0) is 27.3 Å². The molecule has 1 atom stereocenters. The van der Waals surface area contributed by atoms with Crippen LogP contribution in [0.25, 0.3) is 32.4 Å². The quantitative estimate of drug-likeness (QED) is 0.0599. The molecule has 3 aromatic heterocycles. The molecule has 7 aromatic rings. The molecule has 2 N–H and O–H groups in total. The molecule has 76 heavy (non-hydrogen) atoms. The Hall–Kier alpha value is -7.17. The van der Waals surface area contributed by atoms with Crippen molar-refractivity contribution in [3.05, 3.63) is 125 Å². The molecule has 0 spiro atoms. The Balaban J connectivity index is 0.675. The van der Waals surface area contributed by atoms with Crippen molar-refractivity contribution in [2.24, 2.45) is 5.92 Å². The fourth-order valence-electron chi connectivity index (χ4n) is 11.4. The molecule has 0 radical (unpaired) electrons. The maximum atomic E-state index is 14.1. The summed E-state index contributed by atoms with van der Waals surface area (Å²) in [5.74, 6) is 0.644. The van der Waals surface area contributed by atoms with E-state index in [9.17, 15) is 19.2 Å². The lowest BCUT2D eigenvalue weighted by atomic mass is 9.84. The Labute approximate surface area is 447 Å². The van der Waals surface area contributed by atoms with Gasteiger partial charge < -0.3 is 23.7 Å². The third-order valence-corrected chi connectivity index (χ3v) is 16.5. The molecule has 2 saturated heterocycles. The van der Waals surface area contributed by atoms with Crippen LogP contribution in [-0.4, -0.2) is 94.5 Å². The zero-order chi connectivity index (χ0) is 52.5. The number of nitrogens with one attached hydrogen (secondary N) is 2. The van der Waals surface area contributed by atoms with Crippen LogP contribution < -0.4 is 25.2 Å². The van der Waals surface area contributed by atoms with Gasteiger partial charge in [-0.15, -0.1) is 0 Å². The van der Waals surface area contributed by atoms with Gasteiger partial charge in [0.05, 0.1) is 22.2 Å². The lowest BCUT2D eigenvalue weighted by Gasteiger charge is -2.34. The van der Waals surface area contributed by atoms with Crippen LogP contribution in [0.5, 0.6) is 5.75 Å². The van der Waals surface area contributed by atoms with Crippen LogP contribution in [0.3, 0.4) is 0 Å². The first-order chi connectivity index (χ1) is 36.8. The monoisotopic (exact) mass is 1040 g/mol. The lowest BCUT2D eigenvalue weighted by molar-refractivity contribution is -0.134.